The molecule has 0 radical (unpaired) electrons. The average molecular weight is 256 g/mol. The van der Waals surface area contributed by atoms with Crippen molar-refractivity contribution in [2.24, 2.45) is 5.92 Å². The van der Waals surface area contributed by atoms with Gasteiger partial charge in [-0.3, -0.25) is 4.79 Å². The first-order chi connectivity index (χ1) is 9.13. The number of aliphatic carboxylic acids is 1. The van der Waals surface area contributed by atoms with Gasteiger partial charge in [0.15, 0.2) is 0 Å². The summed E-state index contributed by atoms with van der Waals surface area (Å²) in [5, 5.41) is 13.7. The highest BCUT2D eigenvalue weighted by atomic mass is 16.4. The van der Waals surface area contributed by atoms with Crippen LogP contribution in [0.25, 0.3) is 5.69 Å². The van der Waals surface area contributed by atoms with E-state index in [4.69, 9.17) is 5.11 Å². The zero-order chi connectivity index (χ0) is 13.4. The molecule has 0 fully saturated rings. The summed E-state index contributed by atoms with van der Waals surface area (Å²) in [6.07, 6.45) is 4.00. The van der Waals surface area contributed by atoms with E-state index in [-0.39, 0.29) is 5.92 Å². The summed E-state index contributed by atoms with van der Waals surface area (Å²) in [6, 6.07) is 8.16. The molecule has 4 nitrogen and oxygen atoms in total. The van der Waals surface area contributed by atoms with E-state index < -0.39 is 5.97 Å². The molecule has 0 unspecified atom stereocenters. The van der Waals surface area contributed by atoms with Crippen molar-refractivity contribution in [2.75, 3.05) is 0 Å². The van der Waals surface area contributed by atoms with Crippen LogP contribution < -0.4 is 0 Å². The van der Waals surface area contributed by atoms with Crippen LogP contribution >= 0.6 is 0 Å². The van der Waals surface area contributed by atoms with Crippen molar-refractivity contribution in [2.45, 2.75) is 26.2 Å². The lowest BCUT2D eigenvalue weighted by molar-refractivity contribution is -0.142. The number of hydrogen-bond acceptors (Lipinski definition) is 2. The fraction of sp³-hybridized carbons (Fsp3) is 0.333. The molecule has 0 aliphatic heterocycles. The number of aryl methyl sites for hydroxylation is 2. The number of hydrogen-bond donors (Lipinski definition) is 1. The lowest BCUT2D eigenvalue weighted by Crippen LogP contribution is -2.21. The molecule has 19 heavy (non-hydrogen) atoms. The Labute approximate surface area is 111 Å². The van der Waals surface area contributed by atoms with Gasteiger partial charge in [0, 0.05) is 6.20 Å². The predicted octanol–water partition coefficient (Wildman–Crippen LogP) is 2.37. The van der Waals surface area contributed by atoms with Gasteiger partial charge >= 0.3 is 5.97 Å². The summed E-state index contributed by atoms with van der Waals surface area (Å²) in [5.74, 6) is -0.961. The lowest BCUT2D eigenvalue weighted by atomic mass is 9.88. The Morgan fingerprint density at radius 3 is 2.79 bits per heavy atom. The molecule has 2 aromatic rings. The summed E-state index contributed by atoms with van der Waals surface area (Å²) < 4.78 is 1.86. The lowest BCUT2D eigenvalue weighted by Gasteiger charge is -2.16. The topological polar surface area (TPSA) is 55.1 Å². The van der Waals surface area contributed by atoms with Gasteiger partial charge in [-0.05, 0) is 43.9 Å². The van der Waals surface area contributed by atoms with Crippen molar-refractivity contribution in [3.63, 3.8) is 0 Å². The van der Waals surface area contributed by atoms with Gasteiger partial charge in [0.05, 0.1) is 17.3 Å². The minimum absolute atomic E-state index is 0.261. The number of benzene rings is 1. The number of carbonyl (C=O) groups is 1. The van der Waals surface area contributed by atoms with Crippen LogP contribution in [0, 0.1) is 12.8 Å². The Bertz CT molecular complexity index is 614. The van der Waals surface area contributed by atoms with Gasteiger partial charge in [0.1, 0.15) is 0 Å². The van der Waals surface area contributed by atoms with Crippen LogP contribution in [0.2, 0.25) is 0 Å². The predicted molar refractivity (Wildman–Crippen MR) is 71.5 cm³/mol. The van der Waals surface area contributed by atoms with Crippen molar-refractivity contribution in [1.29, 1.82) is 0 Å². The summed E-state index contributed by atoms with van der Waals surface area (Å²) in [5.41, 5.74) is 4.34. The molecular formula is C15H16N2O2. The van der Waals surface area contributed by atoms with Crippen LogP contribution in [0.3, 0.4) is 0 Å². The molecule has 0 saturated heterocycles. The van der Waals surface area contributed by atoms with Crippen LogP contribution in [0.1, 0.15) is 23.2 Å². The van der Waals surface area contributed by atoms with Crippen LogP contribution in [0.15, 0.2) is 30.5 Å². The molecule has 1 aromatic heterocycles. The van der Waals surface area contributed by atoms with E-state index in [1.807, 2.05) is 23.0 Å². The summed E-state index contributed by atoms with van der Waals surface area (Å²) >= 11 is 0. The third kappa shape index (κ3) is 2.26. The maximum absolute atomic E-state index is 11.1. The number of carboxylic acids is 1. The van der Waals surface area contributed by atoms with E-state index in [2.05, 4.69) is 24.2 Å². The van der Waals surface area contributed by atoms with E-state index in [1.54, 1.807) is 0 Å². The molecule has 98 valence electrons. The Morgan fingerprint density at radius 2 is 2.11 bits per heavy atom. The first-order valence-corrected chi connectivity index (χ1v) is 6.51. The fourth-order valence-corrected chi connectivity index (χ4v) is 2.55. The Kier molecular flexibility index (Phi) is 2.85. The van der Waals surface area contributed by atoms with Gasteiger partial charge in [-0.1, -0.05) is 17.7 Å². The van der Waals surface area contributed by atoms with Crippen LogP contribution in [-0.2, 0) is 17.6 Å². The highest BCUT2D eigenvalue weighted by molar-refractivity contribution is 5.70. The second-order valence-corrected chi connectivity index (χ2v) is 5.16. The van der Waals surface area contributed by atoms with Crippen molar-refractivity contribution in [3.8, 4) is 5.69 Å². The summed E-state index contributed by atoms with van der Waals surface area (Å²) in [7, 11) is 0. The molecule has 3 rings (SSSR count). The quantitative estimate of drug-likeness (QED) is 0.897. The molecule has 1 heterocycles. The highest BCUT2D eigenvalue weighted by Crippen LogP contribution is 2.25. The molecular weight excluding hydrogens is 240 g/mol. The monoisotopic (exact) mass is 256 g/mol. The minimum atomic E-state index is -0.700. The molecule has 4 heteroatoms. The molecule has 0 saturated carbocycles. The Morgan fingerprint density at radius 1 is 1.37 bits per heavy atom. The van der Waals surface area contributed by atoms with E-state index in [0.717, 1.165) is 23.4 Å². The number of nitrogens with zero attached hydrogens (tertiary/aromatic N) is 2. The van der Waals surface area contributed by atoms with Gasteiger partial charge in [0.25, 0.3) is 0 Å². The van der Waals surface area contributed by atoms with E-state index >= 15 is 0 Å². The van der Waals surface area contributed by atoms with Crippen molar-refractivity contribution in [1.82, 2.24) is 9.78 Å². The molecule has 1 aromatic carbocycles. The van der Waals surface area contributed by atoms with Crippen LogP contribution in [0.5, 0.6) is 0 Å². The number of aromatic nitrogens is 2. The van der Waals surface area contributed by atoms with Gasteiger partial charge in [-0.25, -0.2) is 4.68 Å². The molecule has 1 aliphatic carbocycles. The van der Waals surface area contributed by atoms with Crippen molar-refractivity contribution < 1.29 is 9.90 Å². The molecule has 1 N–H and O–H groups in total. The van der Waals surface area contributed by atoms with Gasteiger partial charge < -0.3 is 5.11 Å². The highest BCUT2D eigenvalue weighted by Gasteiger charge is 2.26. The zero-order valence-electron chi connectivity index (χ0n) is 10.8. The second kappa shape index (κ2) is 4.53. The molecule has 0 amide bonds. The van der Waals surface area contributed by atoms with Crippen molar-refractivity contribution in [3.05, 3.63) is 47.3 Å². The Hall–Kier alpha value is -2.10. The summed E-state index contributed by atoms with van der Waals surface area (Å²) in [4.78, 5) is 11.1. The smallest absolute Gasteiger partial charge is 0.306 e. The maximum atomic E-state index is 11.1. The first-order valence-electron chi connectivity index (χ1n) is 6.51. The first kappa shape index (κ1) is 12.0. The maximum Gasteiger partial charge on any atom is 0.306 e. The van der Waals surface area contributed by atoms with E-state index in [0.29, 0.717) is 12.8 Å². The fourth-order valence-electron chi connectivity index (χ4n) is 2.55. The van der Waals surface area contributed by atoms with Gasteiger partial charge in [-0.2, -0.15) is 5.10 Å². The number of carboxylic acid groups (broad SMARTS) is 1. The third-order valence-corrected chi connectivity index (χ3v) is 3.72. The zero-order valence-corrected chi connectivity index (χ0v) is 10.8. The van der Waals surface area contributed by atoms with Gasteiger partial charge in [0.2, 0.25) is 0 Å². The Balaban J connectivity index is 1.91. The van der Waals surface area contributed by atoms with E-state index in [1.165, 1.54) is 5.56 Å². The minimum Gasteiger partial charge on any atom is -0.481 e. The number of rotatable bonds is 2. The normalized spacial score (nSPS) is 18.1. The van der Waals surface area contributed by atoms with Crippen LogP contribution in [-0.4, -0.2) is 20.9 Å². The van der Waals surface area contributed by atoms with E-state index in [9.17, 15) is 4.79 Å². The second-order valence-electron chi connectivity index (χ2n) is 5.16. The van der Waals surface area contributed by atoms with Crippen molar-refractivity contribution >= 4 is 5.97 Å². The molecule has 0 spiro atoms. The molecule has 0 bridgehead atoms. The molecule has 1 aliphatic rings. The largest absolute Gasteiger partial charge is 0.481 e. The third-order valence-electron chi connectivity index (χ3n) is 3.72. The average Bonchev–Trinajstić information content (AvgIpc) is 2.82. The number of fused-ring (bicyclic) bond motifs is 1. The molecule has 1 atom stereocenters. The summed E-state index contributed by atoms with van der Waals surface area (Å²) in [6.45, 7) is 2.05. The SMILES string of the molecule is Cc1ccc(-n2cc3c(n2)CC[C@@H](C(=O)O)C3)cc1. The van der Waals surface area contributed by atoms with Crippen LogP contribution in [0.4, 0.5) is 0 Å². The van der Waals surface area contributed by atoms with Gasteiger partial charge in [-0.15, -0.1) is 0 Å². The standard InChI is InChI=1S/C15H16N2O2/c1-10-2-5-13(6-3-10)17-9-12-8-11(15(18)19)4-7-14(12)16-17/h2-3,5-6,9,11H,4,7-8H2,1H3,(H,18,19)/t11-/m1/s1.